The lowest BCUT2D eigenvalue weighted by Crippen LogP contribution is -2.47. The highest BCUT2D eigenvalue weighted by Gasteiger charge is 2.40. The van der Waals surface area contributed by atoms with E-state index >= 15 is 0 Å². The summed E-state index contributed by atoms with van der Waals surface area (Å²) >= 11 is 0. The first kappa shape index (κ1) is 24.9. The Balaban J connectivity index is 1.61. The largest absolute Gasteiger partial charge is 0.353 e. The van der Waals surface area contributed by atoms with Gasteiger partial charge in [-0.2, -0.15) is 4.31 Å². The lowest BCUT2D eigenvalue weighted by atomic mass is 10.1. The standard InChI is InChI=1S/C24H30FN3O4S/c1-15-12-17(3)22(18(4)13-15)33(31,32)28-11-5-6-21(28)24(30)27-10-9-26-23(29)19-8-7-16(2)20(25)14-19/h7-8,12-14,21H,5-6,9-11H2,1-4H3,(H,26,29)(H,27,30). The first-order valence-corrected chi connectivity index (χ1v) is 12.4. The van der Waals surface area contributed by atoms with Crippen LogP contribution in [0.15, 0.2) is 35.2 Å². The van der Waals surface area contributed by atoms with Gasteiger partial charge in [0.1, 0.15) is 11.9 Å². The van der Waals surface area contributed by atoms with E-state index in [9.17, 15) is 22.4 Å². The molecule has 7 nitrogen and oxygen atoms in total. The van der Waals surface area contributed by atoms with Crippen LogP contribution in [0, 0.1) is 33.5 Å². The van der Waals surface area contributed by atoms with E-state index in [0.717, 1.165) is 5.56 Å². The van der Waals surface area contributed by atoms with Crippen LogP contribution < -0.4 is 10.6 Å². The number of halogens is 1. The molecule has 0 spiro atoms. The van der Waals surface area contributed by atoms with Gasteiger partial charge >= 0.3 is 0 Å². The Hall–Kier alpha value is -2.78. The normalized spacial score (nSPS) is 16.6. The number of carbonyl (C=O) groups is 2. The van der Waals surface area contributed by atoms with Crippen molar-refractivity contribution in [2.75, 3.05) is 19.6 Å². The summed E-state index contributed by atoms with van der Waals surface area (Å²) in [6.45, 7) is 7.60. The lowest BCUT2D eigenvalue weighted by Gasteiger charge is -2.25. The third-order valence-corrected chi connectivity index (χ3v) is 8.04. The summed E-state index contributed by atoms with van der Waals surface area (Å²) in [6, 6.07) is 7.08. The van der Waals surface area contributed by atoms with E-state index in [4.69, 9.17) is 0 Å². The van der Waals surface area contributed by atoms with Crippen LogP contribution in [-0.2, 0) is 14.8 Å². The summed E-state index contributed by atoms with van der Waals surface area (Å²) < 4.78 is 41.7. The zero-order valence-corrected chi connectivity index (χ0v) is 20.2. The number of rotatable bonds is 7. The first-order valence-electron chi connectivity index (χ1n) is 10.9. The van der Waals surface area contributed by atoms with Gasteiger partial charge in [-0.05, 0) is 69.4 Å². The molecule has 1 fully saturated rings. The van der Waals surface area contributed by atoms with Gasteiger partial charge < -0.3 is 10.6 Å². The molecule has 2 N–H and O–H groups in total. The number of hydrogen-bond donors (Lipinski definition) is 2. The van der Waals surface area contributed by atoms with E-state index in [1.165, 1.54) is 22.5 Å². The maximum absolute atomic E-state index is 13.6. The van der Waals surface area contributed by atoms with E-state index in [2.05, 4.69) is 10.6 Å². The molecule has 2 aromatic rings. The molecule has 0 saturated carbocycles. The van der Waals surface area contributed by atoms with Crippen molar-refractivity contribution in [1.82, 2.24) is 14.9 Å². The minimum Gasteiger partial charge on any atom is -0.353 e. The van der Waals surface area contributed by atoms with E-state index in [-0.39, 0.29) is 30.1 Å². The molecule has 1 aliphatic heterocycles. The summed E-state index contributed by atoms with van der Waals surface area (Å²) in [5.74, 6) is -1.30. The average molecular weight is 476 g/mol. The van der Waals surface area contributed by atoms with E-state index in [1.54, 1.807) is 20.8 Å². The summed E-state index contributed by atoms with van der Waals surface area (Å²) in [5.41, 5.74) is 2.95. The number of amides is 2. The fraction of sp³-hybridized carbons (Fsp3) is 0.417. The predicted octanol–water partition coefficient (Wildman–Crippen LogP) is 2.76. The molecule has 1 unspecified atom stereocenters. The van der Waals surface area contributed by atoms with E-state index < -0.39 is 33.7 Å². The molecule has 33 heavy (non-hydrogen) atoms. The molecule has 9 heteroatoms. The van der Waals surface area contributed by atoms with Crippen molar-refractivity contribution in [3.63, 3.8) is 0 Å². The molecule has 2 aromatic carbocycles. The number of carbonyl (C=O) groups excluding carboxylic acids is 2. The number of benzene rings is 2. The van der Waals surface area contributed by atoms with Gasteiger partial charge in [-0.3, -0.25) is 9.59 Å². The Labute approximate surface area is 194 Å². The van der Waals surface area contributed by atoms with Crippen molar-refractivity contribution in [2.24, 2.45) is 0 Å². The van der Waals surface area contributed by atoms with Crippen LogP contribution in [-0.4, -0.2) is 50.2 Å². The Morgan fingerprint density at radius 3 is 2.27 bits per heavy atom. The van der Waals surface area contributed by atoms with Crippen LogP contribution in [0.1, 0.15) is 45.5 Å². The summed E-state index contributed by atoms with van der Waals surface area (Å²) in [6.07, 6.45) is 1.03. The fourth-order valence-corrected chi connectivity index (χ4v) is 6.37. The van der Waals surface area contributed by atoms with Crippen molar-refractivity contribution in [2.45, 2.75) is 51.5 Å². The van der Waals surface area contributed by atoms with Gasteiger partial charge in [-0.1, -0.05) is 23.8 Å². The maximum atomic E-state index is 13.6. The van der Waals surface area contributed by atoms with Crippen LogP contribution in [0.5, 0.6) is 0 Å². The molecule has 0 bridgehead atoms. The SMILES string of the molecule is Cc1cc(C)c(S(=O)(=O)N2CCCC2C(=O)NCCNC(=O)c2ccc(C)c(F)c2)c(C)c1. The zero-order valence-electron chi connectivity index (χ0n) is 19.4. The maximum Gasteiger partial charge on any atom is 0.251 e. The Morgan fingerprint density at radius 2 is 1.64 bits per heavy atom. The highest BCUT2D eigenvalue weighted by Crippen LogP contribution is 2.30. The molecular formula is C24H30FN3O4S. The van der Waals surface area contributed by atoms with Gasteiger partial charge in [-0.25, -0.2) is 12.8 Å². The Morgan fingerprint density at radius 1 is 1.00 bits per heavy atom. The Kier molecular flexibility index (Phi) is 7.54. The molecule has 1 heterocycles. The highest BCUT2D eigenvalue weighted by molar-refractivity contribution is 7.89. The molecule has 2 amide bonds. The van der Waals surface area contributed by atoms with Gasteiger partial charge in [0.05, 0.1) is 4.90 Å². The number of aryl methyl sites for hydroxylation is 4. The molecule has 0 radical (unpaired) electrons. The third kappa shape index (κ3) is 5.42. The monoisotopic (exact) mass is 475 g/mol. The quantitative estimate of drug-likeness (QED) is 0.602. The van der Waals surface area contributed by atoms with Crippen LogP contribution in [0.25, 0.3) is 0 Å². The molecular weight excluding hydrogens is 445 g/mol. The summed E-state index contributed by atoms with van der Waals surface area (Å²) in [5, 5.41) is 5.34. The van der Waals surface area contributed by atoms with Gasteiger partial charge in [0.15, 0.2) is 0 Å². The topological polar surface area (TPSA) is 95.6 Å². The van der Waals surface area contributed by atoms with Gasteiger partial charge in [0.2, 0.25) is 15.9 Å². The third-order valence-electron chi connectivity index (χ3n) is 5.82. The number of nitrogens with zero attached hydrogens (tertiary/aromatic N) is 1. The second-order valence-corrected chi connectivity index (χ2v) is 10.3. The number of nitrogens with one attached hydrogen (secondary N) is 2. The van der Waals surface area contributed by atoms with Crippen LogP contribution in [0.2, 0.25) is 0 Å². The summed E-state index contributed by atoms with van der Waals surface area (Å²) in [4.78, 5) is 25.2. The smallest absolute Gasteiger partial charge is 0.251 e. The van der Waals surface area contributed by atoms with Crippen molar-refractivity contribution in [3.05, 3.63) is 64.0 Å². The molecule has 1 atom stereocenters. The predicted molar refractivity (Wildman–Crippen MR) is 124 cm³/mol. The summed E-state index contributed by atoms with van der Waals surface area (Å²) in [7, 11) is -3.83. The van der Waals surface area contributed by atoms with Crippen LogP contribution in [0.4, 0.5) is 4.39 Å². The van der Waals surface area contributed by atoms with Crippen molar-refractivity contribution in [3.8, 4) is 0 Å². The molecule has 178 valence electrons. The van der Waals surface area contributed by atoms with Crippen molar-refractivity contribution < 1.29 is 22.4 Å². The second-order valence-electron chi connectivity index (χ2n) is 8.51. The minimum atomic E-state index is -3.83. The van der Waals surface area contributed by atoms with Crippen molar-refractivity contribution >= 4 is 21.8 Å². The van der Waals surface area contributed by atoms with Crippen LogP contribution in [0.3, 0.4) is 0 Å². The van der Waals surface area contributed by atoms with Gasteiger partial charge in [-0.15, -0.1) is 0 Å². The van der Waals surface area contributed by atoms with Gasteiger partial charge in [0, 0.05) is 25.2 Å². The first-order chi connectivity index (χ1) is 15.5. The zero-order chi connectivity index (χ0) is 24.3. The fourth-order valence-electron chi connectivity index (χ4n) is 4.30. The molecule has 1 aliphatic rings. The molecule has 1 saturated heterocycles. The second kappa shape index (κ2) is 10.0. The molecule has 0 aromatic heterocycles. The van der Waals surface area contributed by atoms with Gasteiger partial charge in [0.25, 0.3) is 5.91 Å². The van der Waals surface area contributed by atoms with Crippen molar-refractivity contribution in [1.29, 1.82) is 0 Å². The molecule has 0 aliphatic carbocycles. The Bertz CT molecular complexity index is 1160. The minimum absolute atomic E-state index is 0.131. The average Bonchev–Trinajstić information content (AvgIpc) is 3.23. The van der Waals surface area contributed by atoms with E-state index in [0.29, 0.717) is 29.5 Å². The highest BCUT2D eigenvalue weighted by atomic mass is 32.2. The van der Waals surface area contributed by atoms with E-state index in [1.807, 2.05) is 19.1 Å². The number of hydrogen-bond acceptors (Lipinski definition) is 4. The number of sulfonamides is 1. The lowest BCUT2D eigenvalue weighted by molar-refractivity contribution is -0.124. The molecule has 3 rings (SSSR count). The van der Waals surface area contributed by atoms with Crippen LogP contribution >= 0.6 is 0 Å².